The van der Waals surface area contributed by atoms with Crippen molar-refractivity contribution in [1.82, 2.24) is 0 Å². The molecule has 0 radical (unpaired) electrons. The predicted molar refractivity (Wildman–Crippen MR) is 216 cm³/mol. The molecule has 4 heterocycles. The first kappa shape index (κ1) is 45.8. The lowest BCUT2D eigenvalue weighted by Crippen LogP contribution is -2.69. The van der Waals surface area contributed by atoms with E-state index in [0.29, 0.717) is 31.8 Å². The van der Waals surface area contributed by atoms with Gasteiger partial charge in [0.2, 0.25) is 0 Å². The van der Waals surface area contributed by atoms with Gasteiger partial charge in [0.1, 0.15) is 30.5 Å². The van der Waals surface area contributed by atoms with E-state index >= 15 is 0 Å². The Bertz CT molecular complexity index is 1720. The number of aliphatic hydroxyl groups excluding tert-OH is 5. The molecule has 2 spiro atoms. The summed E-state index contributed by atoms with van der Waals surface area (Å²) in [6.45, 7) is 19.9. The van der Waals surface area contributed by atoms with Gasteiger partial charge in [-0.15, -0.1) is 0 Å². The van der Waals surface area contributed by atoms with Crippen LogP contribution in [0.3, 0.4) is 0 Å². The van der Waals surface area contributed by atoms with Crippen LogP contribution >= 0.6 is 0 Å². The number of esters is 2. The maximum absolute atomic E-state index is 12.5. The van der Waals surface area contributed by atoms with Crippen LogP contribution in [-0.2, 0) is 47.5 Å². The van der Waals surface area contributed by atoms with Crippen LogP contribution in [0.5, 0.6) is 0 Å². The molecule has 0 unspecified atom stereocenters. The van der Waals surface area contributed by atoms with E-state index in [1.54, 1.807) is 6.92 Å². The van der Waals surface area contributed by atoms with Gasteiger partial charge in [-0.1, -0.05) is 39.3 Å². The van der Waals surface area contributed by atoms with Crippen molar-refractivity contribution in [2.24, 2.45) is 45.3 Å². The highest BCUT2D eigenvalue weighted by atomic mass is 16.7. The standard InChI is InChI=1S/C46H72O15/c1-22(2)17-26-18-44(10,61-40-37(57-25(5)49)36(56-24(4)48)32(50)23(3)55-40)38-27-11-12-30-42(8)15-14-31(59-39-35(53)34(52)33(51)28(19-47)58-39)41(6,7)29(42)13-16-43(30,9)45(27)20-46(38,60-26)54-21-45/h17,23,26-40,47,50-53H,11-16,18-21H2,1-10H3/t23-,26-,27+,28+,29-,30+,31-,32-,33+,34-,35+,36+,37+,38-,39-,40-,42-,43+,44-,45-,46-/m0/s1. The molecule has 4 saturated carbocycles. The van der Waals surface area contributed by atoms with E-state index in [4.69, 9.17) is 37.9 Å². The van der Waals surface area contributed by atoms with Gasteiger partial charge in [0.15, 0.2) is 30.6 Å². The van der Waals surface area contributed by atoms with Crippen molar-refractivity contribution in [2.75, 3.05) is 13.2 Å². The number of hydrogen-bond donors (Lipinski definition) is 5. The summed E-state index contributed by atoms with van der Waals surface area (Å²) in [4.78, 5) is 24.8. The van der Waals surface area contributed by atoms with Gasteiger partial charge in [0.05, 0.1) is 37.1 Å². The van der Waals surface area contributed by atoms with E-state index in [-0.39, 0.29) is 51.6 Å². The number of rotatable bonds is 8. The zero-order valence-corrected chi connectivity index (χ0v) is 37.7. The molecule has 4 saturated heterocycles. The van der Waals surface area contributed by atoms with Crippen LogP contribution in [-0.4, -0.2) is 136 Å². The van der Waals surface area contributed by atoms with Gasteiger partial charge in [-0.3, -0.25) is 9.59 Å². The zero-order valence-electron chi connectivity index (χ0n) is 37.7. The molecule has 8 rings (SSSR count). The molecule has 0 aromatic rings. The first-order valence-electron chi connectivity index (χ1n) is 22.8. The highest BCUT2D eigenvalue weighted by Gasteiger charge is 2.81. The van der Waals surface area contributed by atoms with Gasteiger partial charge in [-0.25, -0.2) is 0 Å². The normalized spacial score (nSPS) is 53.4. The monoisotopic (exact) mass is 864 g/mol. The molecule has 0 aromatic carbocycles. The van der Waals surface area contributed by atoms with Crippen molar-refractivity contribution < 1.29 is 73.0 Å². The topological polar surface area (TPSA) is 209 Å². The van der Waals surface area contributed by atoms with Crippen LogP contribution < -0.4 is 0 Å². The van der Waals surface area contributed by atoms with Crippen molar-refractivity contribution in [2.45, 2.75) is 206 Å². The zero-order chi connectivity index (χ0) is 44.4. The van der Waals surface area contributed by atoms with Gasteiger partial charge in [-0.05, 0) is 100 Å². The highest BCUT2D eigenvalue weighted by molar-refractivity contribution is 5.67. The van der Waals surface area contributed by atoms with Crippen molar-refractivity contribution >= 4 is 11.9 Å². The molecule has 346 valence electrons. The second-order valence-corrected chi connectivity index (χ2v) is 21.7. The van der Waals surface area contributed by atoms with Gasteiger partial charge < -0.3 is 63.4 Å². The van der Waals surface area contributed by atoms with Crippen LogP contribution in [0.4, 0.5) is 0 Å². The molecule has 4 aliphatic heterocycles. The first-order chi connectivity index (χ1) is 28.5. The molecule has 15 nitrogen and oxygen atoms in total. The first-order valence-corrected chi connectivity index (χ1v) is 22.8. The van der Waals surface area contributed by atoms with Gasteiger partial charge in [0, 0.05) is 38.0 Å². The third-order valence-electron chi connectivity index (χ3n) is 17.6. The molecule has 0 aromatic heterocycles. The number of allylic oxidation sites excluding steroid dienone is 1. The number of carbonyl (C=O) groups excluding carboxylic acids is 2. The van der Waals surface area contributed by atoms with E-state index in [0.717, 1.165) is 37.7 Å². The molecule has 4 aliphatic carbocycles. The smallest absolute Gasteiger partial charge is 0.303 e. The lowest BCUT2D eigenvalue weighted by atomic mass is 9.35. The SMILES string of the molecule is CC(=O)O[C@@H]1[C@@H](O)[C@H](C)O[C@@H](O[C@@]2(C)C[C@H](C=C(C)C)O[C@]34C[C@]5(CO3)[C@H](CC[C@@H]3[C@@]6(C)CC[C@H](O[C@@H]7O[C@H](CO)[C@@H](O)[C@H](O)[C@H]7O)C(C)(C)[C@@H]6CC[C@]35C)[C@H]42)[C@@H]1OC(C)=O. The minimum absolute atomic E-state index is 0.0594. The van der Waals surface area contributed by atoms with Gasteiger partial charge in [0.25, 0.3) is 0 Å². The van der Waals surface area contributed by atoms with E-state index in [1.165, 1.54) is 13.8 Å². The summed E-state index contributed by atoms with van der Waals surface area (Å²) < 4.78 is 51.6. The van der Waals surface area contributed by atoms with Gasteiger partial charge in [-0.2, -0.15) is 0 Å². The molecular weight excluding hydrogens is 792 g/mol. The Morgan fingerprint density at radius 3 is 2.13 bits per heavy atom. The lowest BCUT2D eigenvalue weighted by Gasteiger charge is -2.70. The second-order valence-electron chi connectivity index (χ2n) is 21.7. The molecule has 61 heavy (non-hydrogen) atoms. The minimum Gasteiger partial charge on any atom is -0.455 e. The fourth-order valence-corrected chi connectivity index (χ4v) is 15.2. The summed E-state index contributed by atoms with van der Waals surface area (Å²) in [6, 6.07) is 0. The lowest BCUT2D eigenvalue weighted by molar-refractivity contribution is -0.384. The Hall–Kier alpha value is -1.76. The Kier molecular flexibility index (Phi) is 11.8. The van der Waals surface area contributed by atoms with Crippen LogP contribution in [0.2, 0.25) is 0 Å². The largest absolute Gasteiger partial charge is 0.455 e. The second kappa shape index (κ2) is 15.7. The summed E-state index contributed by atoms with van der Waals surface area (Å²) in [5.41, 5.74) is -0.579. The molecule has 0 amide bonds. The van der Waals surface area contributed by atoms with Crippen molar-refractivity contribution in [3.05, 3.63) is 11.6 Å². The fraction of sp³-hybridized carbons (Fsp3) is 0.913. The number of fused-ring (bicyclic) bond motifs is 4. The quantitative estimate of drug-likeness (QED) is 0.134. The number of hydrogen-bond acceptors (Lipinski definition) is 15. The summed E-state index contributed by atoms with van der Waals surface area (Å²) >= 11 is 0. The minimum atomic E-state index is -1.50. The maximum atomic E-state index is 12.5. The number of aliphatic hydroxyl groups is 5. The molecule has 8 fully saturated rings. The molecule has 21 atom stereocenters. The van der Waals surface area contributed by atoms with E-state index in [2.05, 4.69) is 40.7 Å². The molecule has 15 heteroatoms. The van der Waals surface area contributed by atoms with Gasteiger partial charge >= 0.3 is 11.9 Å². The van der Waals surface area contributed by atoms with Crippen molar-refractivity contribution in [3.8, 4) is 0 Å². The molecule has 2 bridgehead atoms. The summed E-state index contributed by atoms with van der Waals surface area (Å²) in [5.74, 6) is -1.62. The van der Waals surface area contributed by atoms with Crippen molar-refractivity contribution in [3.63, 3.8) is 0 Å². The summed E-state index contributed by atoms with van der Waals surface area (Å²) in [5, 5.41) is 52.8. The Balaban J connectivity index is 1.10. The average Bonchev–Trinajstić information content (AvgIpc) is 3.68. The number of carbonyl (C=O) groups is 2. The van der Waals surface area contributed by atoms with E-state index in [1.807, 2.05) is 13.8 Å². The Morgan fingerprint density at radius 1 is 0.787 bits per heavy atom. The average molecular weight is 865 g/mol. The molecule has 8 aliphatic rings. The number of ether oxygens (including phenoxy) is 8. The van der Waals surface area contributed by atoms with Crippen LogP contribution in [0.1, 0.15) is 121 Å². The third-order valence-corrected chi connectivity index (χ3v) is 17.6. The van der Waals surface area contributed by atoms with Crippen LogP contribution in [0.15, 0.2) is 11.6 Å². The predicted octanol–water partition coefficient (Wildman–Crippen LogP) is 3.67. The summed E-state index contributed by atoms with van der Waals surface area (Å²) in [7, 11) is 0. The van der Waals surface area contributed by atoms with Crippen molar-refractivity contribution in [1.29, 1.82) is 0 Å². The van der Waals surface area contributed by atoms with E-state index < -0.39 is 91.3 Å². The Labute approximate surface area is 360 Å². The van der Waals surface area contributed by atoms with Crippen LogP contribution in [0, 0.1) is 45.3 Å². The fourth-order valence-electron chi connectivity index (χ4n) is 15.2. The molecular formula is C46H72O15. The van der Waals surface area contributed by atoms with Crippen LogP contribution in [0.25, 0.3) is 0 Å². The van der Waals surface area contributed by atoms with E-state index in [9.17, 15) is 35.1 Å². The highest BCUT2D eigenvalue weighted by Crippen LogP contribution is 2.80. The summed E-state index contributed by atoms with van der Waals surface area (Å²) in [6.07, 6.45) is -4.12. The Morgan fingerprint density at radius 2 is 1.48 bits per heavy atom. The maximum Gasteiger partial charge on any atom is 0.303 e. The third kappa shape index (κ3) is 7.00. The molecule has 5 N–H and O–H groups in total.